The molecule has 0 aliphatic heterocycles. The number of hydrogen-bond acceptors (Lipinski definition) is 17. The molecule has 2 aromatic rings. The van der Waals surface area contributed by atoms with Gasteiger partial charge in [0.15, 0.2) is 0 Å². The van der Waals surface area contributed by atoms with Crippen molar-refractivity contribution in [2.75, 3.05) is 185 Å². The number of nitrogens with one attached hydrogen (secondary N) is 1. The lowest BCUT2D eigenvalue weighted by molar-refractivity contribution is -0.160. The topological polar surface area (TPSA) is 185 Å². The van der Waals surface area contributed by atoms with Crippen LogP contribution in [-0.2, 0) is 75.8 Å². The minimum atomic E-state index is -0.519. The molecule has 0 unspecified atom stereocenters. The number of ether oxygens (including phenoxy) is 15. The highest BCUT2D eigenvalue weighted by Gasteiger charge is 2.29. The lowest BCUT2D eigenvalue weighted by Gasteiger charge is -2.19. The van der Waals surface area contributed by atoms with Crippen molar-refractivity contribution in [2.24, 2.45) is 0 Å². The quantitative estimate of drug-likeness (QED) is 0.0741. The number of hydrogen-bond donors (Lipinski definition) is 1. The van der Waals surface area contributed by atoms with Crippen LogP contribution in [0, 0.1) is 0 Å². The van der Waals surface area contributed by atoms with Crippen LogP contribution in [0.3, 0.4) is 0 Å². The van der Waals surface area contributed by atoms with Crippen LogP contribution in [0.5, 0.6) is 0 Å². The summed E-state index contributed by atoms with van der Waals surface area (Å²) in [5.74, 6) is -0.361. The largest absolute Gasteiger partial charge is 0.458 e. The predicted molar refractivity (Wildman–Crippen MR) is 240 cm³/mol. The minimum Gasteiger partial charge on any atom is -0.458 e. The SMILES string of the molecule is CC(C)(C)OC(=O)COCCOCCOCCOCCOCCOCCOCCOCCOCCOCCOCCOCCOCCNC(=O)OCC1c2ccccc2-c2ccccc21. The minimum absolute atomic E-state index is 0.0306. The molecule has 18 nitrogen and oxygen atoms in total. The van der Waals surface area contributed by atoms with E-state index in [1.54, 1.807) is 0 Å². The summed E-state index contributed by atoms with van der Waals surface area (Å²) in [7, 11) is 0. The van der Waals surface area contributed by atoms with Gasteiger partial charge in [0, 0.05) is 12.5 Å². The first kappa shape index (κ1) is 56.0. The van der Waals surface area contributed by atoms with Gasteiger partial charge in [-0.25, -0.2) is 9.59 Å². The maximum Gasteiger partial charge on any atom is 0.407 e. The monoisotopic (exact) mass is 926 g/mol. The Morgan fingerprint density at radius 3 is 1.05 bits per heavy atom. The van der Waals surface area contributed by atoms with E-state index in [-0.39, 0.29) is 19.1 Å². The lowest BCUT2D eigenvalue weighted by atomic mass is 9.98. The second-order valence-electron chi connectivity index (χ2n) is 15.2. The van der Waals surface area contributed by atoms with Crippen LogP contribution in [0.4, 0.5) is 4.79 Å². The van der Waals surface area contributed by atoms with Crippen molar-refractivity contribution >= 4 is 12.1 Å². The van der Waals surface area contributed by atoms with Gasteiger partial charge in [-0.2, -0.15) is 0 Å². The molecule has 0 radical (unpaired) electrons. The van der Waals surface area contributed by atoms with Crippen molar-refractivity contribution in [3.8, 4) is 11.1 Å². The fraction of sp³-hybridized carbons (Fsp3) is 0.702. The van der Waals surface area contributed by atoms with Crippen LogP contribution in [0.2, 0.25) is 0 Å². The third kappa shape index (κ3) is 29.1. The highest BCUT2D eigenvalue weighted by molar-refractivity contribution is 5.79. The van der Waals surface area contributed by atoms with Crippen LogP contribution in [-0.4, -0.2) is 203 Å². The molecule has 0 bridgehead atoms. The molecule has 1 amide bonds. The number of carbonyl (C=O) groups excluding carboxylic acids is 2. The molecule has 0 saturated heterocycles. The van der Waals surface area contributed by atoms with E-state index in [0.717, 1.165) is 0 Å². The average molecular weight is 926 g/mol. The Labute approximate surface area is 385 Å². The number of fused-ring (bicyclic) bond motifs is 3. The van der Waals surface area contributed by atoms with E-state index in [2.05, 4.69) is 29.6 Å². The van der Waals surface area contributed by atoms with Crippen molar-refractivity contribution in [1.82, 2.24) is 5.32 Å². The van der Waals surface area contributed by atoms with Crippen LogP contribution >= 0.6 is 0 Å². The summed E-state index contributed by atoms with van der Waals surface area (Å²) in [4.78, 5) is 23.8. The molecule has 0 aromatic heterocycles. The van der Waals surface area contributed by atoms with Crippen molar-refractivity contribution in [3.63, 3.8) is 0 Å². The third-order valence-electron chi connectivity index (χ3n) is 8.96. The Bertz CT molecular complexity index is 1430. The zero-order chi connectivity index (χ0) is 46.3. The standard InChI is InChI=1S/C47H75NO17/c1-47(2,3)65-45(49)39-63-37-36-62-35-34-61-33-32-60-31-30-59-29-28-58-27-26-57-25-24-56-23-22-55-21-20-54-19-18-53-17-16-52-15-14-51-13-12-48-46(50)64-38-44-42-10-6-4-8-40(42)41-9-5-7-11-43(41)44/h4-11,44H,12-39H2,1-3H3,(H,48,50). The molecule has 3 rings (SSSR count). The molecule has 2 aromatic carbocycles. The number of alkyl carbamates (subject to hydrolysis) is 1. The Morgan fingerprint density at radius 2 is 0.723 bits per heavy atom. The first-order valence-electron chi connectivity index (χ1n) is 22.7. The molecule has 18 heteroatoms. The predicted octanol–water partition coefficient (Wildman–Crippen LogP) is 4.08. The summed E-state index contributed by atoms with van der Waals surface area (Å²) in [5.41, 5.74) is 4.24. The number of amides is 1. The third-order valence-corrected chi connectivity index (χ3v) is 8.96. The van der Waals surface area contributed by atoms with Gasteiger partial charge in [0.25, 0.3) is 0 Å². The Hall–Kier alpha value is -3.34. The van der Waals surface area contributed by atoms with Gasteiger partial charge >= 0.3 is 12.1 Å². The first-order valence-corrected chi connectivity index (χ1v) is 22.7. The zero-order valence-corrected chi connectivity index (χ0v) is 38.9. The van der Waals surface area contributed by atoms with E-state index in [0.29, 0.717) is 172 Å². The molecular formula is C47H75NO17. The smallest absolute Gasteiger partial charge is 0.407 e. The summed E-state index contributed by atoms with van der Waals surface area (Å²) < 4.78 is 81.8. The van der Waals surface area contributed by atoms with E-state index >= 15 is 0 Å². The first-order chi connectivity index (χ1) is 31.8. The molecule has 0 spiro atoms. The van der Waals surface area contributed by atoms with E-state index in [1.807, 2.05) is 45.0 Å². The van der Waals surface area contributed by atoms with Gasteiger partial charge in [-0.15, -0.1) is 0 Å². The number of benzene rings is 2. The van der Waals surface area contributed by atoms with Crippen molar-refractivity contribution in [1.29, 1.82) is 0 Å². The zero-order valence-electron chi connectivity index (χ0n) is 38.9. The summed E-state index contributed by atoms with van der Waals surface area (Å²) >= 11 is 0. The molecule has 65 heavy (non-hydrogen) atoms. The van der Waals surface area contributed by atoms with Crippen LogP contribution in [0.25, 0.3) is 11.1 Å². The van der Waals surface area contributed by atoms with Crippen molar-refractivity contribution in [3.05, 3.63) is 59.7 Å². The number of carbonyl (C=O) groups is 2. The fourth-order valence-corrected chi connectivity index (χ4v) is 6.04. The molecule has 0 heterocycles. The van der Waals surface area contributed by atoms with Crippen LogP contribution in [0.1, 0.15) is 37.8 Å². The van der Waals surface area contributed by atoms with E-state index < -0.39 is 17.7 Å². The number of rotatable bonds is 43. The molecule has 0 saturated carbocycles. The van der Waals surface area contributed by atoms with E-state index in [1.165, 1.54) is 22.3 Å². The lowest BCUT2D eigenvalue weighted by Crippen LogP contribution is -2.29. The van der Waals surface area contributed by atoms with Gasteiger partial charge in [0.05, 0.1) is 165 Å². The highest BCUT2D eigenvalue weighted by atomic mass is 16.6. The van der Waals surface area contributed by atoms with Gasteiger partial charge < -0.3 is 76.4 Å². The summed E-state index contributed by atoms with van der Waals surface area (Å²) in [5, 5.41) is 2.74. The van der Waals surface area contributed by atoms with Crippen LogP contribution in [0.15, 0.2) is 48.5 Å². The molecule has 370 valence electrons. The second kappa shape index (κ2) is 37.7. The second-order valence-corrected chi connectivity index (χ2v) is 15.2. The van der Waals surface area contributed by atoms with Gasteiger partial charge in [0.2, 0.25) is 0 Å². The van der Waals surface area contributed by atoms with Gasteiger partial charge in [0.1, 0.15) is 18.8 Å². The van der Waals surface area contributed by atoms with E-state index in [4.69, 9.17) is 71.1 Å². The summed E-state index contributed by atoms with van der Waals surface area (Å²) in [6.07, 6.45) is -0.457. The molecule has 1 aliphatic rings. The Kier molecular flexibility index (Phi) is 32.5. The Morgan fingerprint density at radius 1 is 0.431 bits per heavy atom. The number of esters is 1. The molecular weight excluding hydrogens is 851 g/mol. The molecule has 1 aliphatic carbocycles. The summed E-state index contributed by atoms with van der Waals surface area (Å²) in [6, 6.07) is 16.5. The van der Waals surface area contributed by atoms with Gasteiger partial charge in [-0.1, -0.05) is 48.5 Å². The summed E-state index contributed by atoms with van der Waals surface area (Å²) in [6.45, 7) is 17.3. The van der Waals surface area contributed by atoms with E-state index in [9.17, 15) is 9.59 Å². The Balaban J connectivity index is 0.910. The van der Waals surface area contributed by atoms with Gasteiger partial charge in [-0.3, -0.25) is 0 Å². The molecule has 0 fully saturated rings. The molecule has 0 atom stereocenters. The highest BCUT2D eigenvalue weighted by Crippen LogP contribution is 2.44. The average Bonchev–Trinajstić information content (AvgIpc) is 3.61. The normalized spacial score (nSPS) is 12.4. The molecule has 1 N–H and O–H groups in total. The van der Waals surface area contributed by atoms with Gasteiger partial charge in [-0.05, 0) is 43.0 Å². The van der Waals surface area contributed by atoms with Crippen molar-refractivity contribution in [2.45, 2.75) is 32.3 Å². The maximum atomic E-state index is 12.3. The fourth-order valence-electron chi connectivity index (χ4n) is 6.04. The maximum absolute atomic E-state index is 12.3. The van der Waals surface area contributed by atoms with Crippen molar-refractivity contribution < 1.29 is 80.6 Å². The van der Waals surface area contributed by atoms with Crippen LogP contribution < -0.4 is 5.32 Å².